The van der Waals surface area contributed by atoms with Gasteiger partial charge >= 0.3 is 0 Å². The van der Waals surface area contributed by atoms with E-state index >= 15 is 0 Å². The molecule has 0 unspecified atom stereocenters. The first-order valence-corrected chi connectivity index (χ1v) is 5.47. The largest absolute Gasteiger partial charge is 0.382 e. The summed E-state index contributed by atoms with van der Waals surface area (Å²) in [7, 11) is 0. The number of hydrogen-bond donors (Lipinski definition) is 2. The highest BCUT2D eigenvalue weighted by atomic mass is 15.2. The van der Waals surface area contributed by atoms with Gasteiger partial charge in [-0.05, 0) is 19.4 Å². The van der Waals surface area contributed by atoms with Crippen molar-refractivity contribution in [2.75, 3.05) is 5.73 Å². The second-order valence-corrected chi connectivity index (χ2v) is 2.95. The molecule has 1 rings (SSSR count). The quantitative estimate of drug-likeness (QED) is 0.765. The van der Waals surface area contributed by atoms with Gasteiger partial charge in [0, 0.05) is 5.56 Å². The van der Waals surface area contributed by atoms with Gasteiger partial charge in [0.15, 0.2) is 0 Å². The van der Waals surface area contributed by atoms with Crippen LogP contribution in [0.2, 0.25) is 0 Å². The molecule has 1 heterocycles. The second kappa shape index (κ2) is 7.51. The molecular formula is C13H21N3. The highest BCUT2D eigenvalue weighted by molar-refractivity contribution is 5.75. The average molecular weight is 219 g/mol. The lowest BCUT2D eigenvalue weighted by Gasteiger charge is -1.98. The average Bonchev–Trinajstić information content (AvgIpc) is 2.65. The van der Waals surface area contributed by atoms with Crippen molar-refractivity contribution in [3.05, 3.63) is 42.1 Å². The summed E-state index contributed by atoms with van der Waals surface area (Å²) in [5.74, 6) is 0.548. The third kappa shape index (κ3) is 3.42. The number of anilines is 1. The van der Waals surface area contributed by atoms with Crippen molar-refractivity contribution in [1.29, 1.82) is 0 Å². The molecule has 3 N–H and O–H groups in total. The molecule has 0 radical (unpaired) electrons. The topological polar surface area (TPSA) is 54.7 Å². The molecule has 3 nitrogen and oxygen atoms in total. The molecule has 0 bridgehead atoms. The number of H-pyrrole nitrogens is 1. The first kappa shape index (κ1) is 14.2. The van der Waals surface area contributed by atoms with Gasteiger partial charge in [-0.25, -0.2) is 0 Å². The van der Waals surface area contributed by atoms with Crippen LogP contribution in [0.1, 0.15) is 32.0 Å². The lowest BCUT2D eigenvalue weighted by atomic mass is 10.1. The van der Waals surface area contributed by atoms with E-state index in [-0.39, 0.29) is 0 Å². The molecule has 0 amide bonds. The SMILES string of the molecule is C=C/C=C\C(=C/C)c1[nH]nc(N)c1C.CC. The summed E-state index contributed by atoms with van der Waals surface area (Å²) >= 11 is 0. The van der Waals surface area contributed by atoms with Crippen LogP contribution >= 0.6 is 0 Å². The first-order chi connectivity index (χ1) is 7.70. The summed E-state index contributed by atoms with van der Waals surface area (Å²) in [6.45, 7) is 11.5. The van der Waals surface area contributed by atoms with Crippen LogP contribution < -0.4 is 5.73 Å². The van der Waals surface area contributed by atoms with Crippen molar-refractivity contribution in [2.45, 2.75) is 27.7 Å². The number of nitrogens with zero attached hydrogens (tertiary/aromatic N) is 1. The Morgan fingerprint density at radius 2 is 2.06 bits per heavy atom. The second-order valence-electron chi connectivity index (χ2n) is 2.95. The van der Waals surface area contributed by atoms with Crippen LogP contribution in [0.5, 0.6) is 0 Å². The van der Waals surface area contributed by atoms with E-state index in [1.807, 2.05) is 45.9 Å². The summed E-state index contributed by atoms with van der Waals surface area (Å²) in [5, 5.41) is 6.85. The third-order valence-electron chi connectivity index (χ3n) is 2.06. The Kier molecular flexibility index (Phi) is 6.68. The Bertz CT molecular complexity index is 384. The lowest BCUT2D eigenvalue weighted by molar-refractivity contribution is 1.08. The van der Waals surface area contributed by atoms with E-state index in [1.54, 1.807) is 6.08 Å². The van der Waals surface area contributed by atoms with E-state index in [9.17, 15) is 0 Å². The Hall–Kier alpha value is -1.77. The summed E-state index contributed by atoms with van der Waals surface area (Å²) in [6, 6.07) is 0. The predicted molar refractivity (Wildman–Crippen MR) is 72.1 cm³/mol. The summed E-state index contributed by atoms with van der Waals surface area (Å²) in [5.41, 5.74) is 8.65. The Balaban J connectivity index is 0.00000106. The number of hydrogen-bond acceptors (Lipinski definition) is 2. The Morgan fingerprint density at radius 1 is 1.44 bits per heavy atom. The molecule has 0 aliphatic heterocycles. The minimum atomic E-state index is 0.548. The number of allylic oxidation sites excluding steroid dienone is 5. The van der Waals surface area contributed by atoms with Gasteiger partial charge < -0.3 is 5.73 Å². The van der Waals surface area contributed by atoms with E-state index in [4.69, 9.17) is 5.73 Å². The summed E-state index contributed by atoms with van der Waals surface area (Å²) < 4.78 is 0. The molecule has 0 aliphatic rings. The van der Waals surface area contributed by atoms with Crippen molar-refractivity contribution >= 4 is 11.4 Å². The van der Waals surface area contributed by atoms with Gasteiger partial charge in [0.1, 0.15) is 5.82 Å². The molecule has 1 aromatic heterocycles. The van der Waals surface area contributed by atoms with Crippen LogP contribution in [-0.2, 0) is 0 Å². The zero-order chi connectivity index (χ0) is 12.6. The molecule has 0 fully saturated rings. The molecule has 16 heavy (non-hydrogen) atoms. The smallest absolute Gasteiger partial charge is 0.148 e. The fourth-order valence-corrected chi connectivity index (χ4v) is 1.19. The van der Waals surface area contributed by atoms with Crippen LogP contribution in [0.15, 0.2) is 30.9 Å². The number of rotatable bonds is 3. The van der Waals surface area contributed by atoms with Crippen molar-refractivity contribution in [3.63, 3.8) is 0 Å². The highest BCUT2D eigenvalue weighted by Crippen LogP contribution is 2.20. The number of nitrogens with one attached hydrogen (secondary N) is 1. The van der Waals surface area contributed by atoms with Crippen LogP contribution in [-0.4, -0.2) is 10.2 Å². The zero-order valence-electron chi connectivity index (χ0n) is 10.5. The predicted octanol–water partition coefficient (Wildman–Crippen LogP) is 3.47. The molecule has 1 aromatic rings. The minimum Gasteiger partial charge on any atom is -0.382 e. The van der Waals surface area contributed by atoms with Gasteiger partial charge in [0.2, 0.25) is 0 Å². The number of aromatic amines is 1. The van der Waals surface area contributed by atoms with Gasteiger partial charge in [0.05, 0.1) is 5.69 Å². The van der Waals surface area contributed by atoms with Crippen LogP contribution in [0.4, 0.5) is 5.82 Å². The summed E-state index contributed by atoms with van der Waals surface area (Å²) in [6.07, 6.45) is 7.58. The van der Waals surface area contributed by atoms with Crippen molar-refractivity contribution in [1.82, 2.24) is 10.2 Å². The molecule has 0 saturated carbocycles. The van der Waals surface area contributed by atoms with Crippen LogP contribution in [0, 0.1) is 6.92 Å². The number of aromatic nitrogens is 2. The Labute approximate surface area is 97.8 Å². The van der Waals surface area contributed by atoms with Crippen LogP contribution in [0.3, 0.4) is 0 Å². The van der Waals surface area contributed by atoms with Gasteiger partial charge in [-0.1, -0.05) is 44.7 Å². The van der Waals surface area contributed by atoms with Gasteiger partial charge in [-0.15, -0.1) is 0 Å². The van der Waals surface area contributed by atoms with Crippen molar-refractivity contribution in [3.8, 4) is 0 Å². The van der Waals surface area contributed by atoms with Crippen molar-refractivity contribution in [2.24, 2.45) is 0 Å². The maximum Gasteiger partial charge on any atom is 0.148 e. The highest BCUT2D eigenvalue weighted by Gasteiger charge is 2.07. The van der Waals surface area contributed by atoms with Gasteiger partial charge in [-0.3, -0.25) is 5.10 Å². The normalized spacial score (nSPS) is 11.1. The Morgan fingerprint density at radius 3 is 2.44 bits per heavy atom. The van der Waals surface area contributed by atoms with E-state index < -0.39 is 0 Å². The first-order valence-electron chi connectivity index (χ1n) is 5.47. The summed E-state index contributed by atoms with van der Waals surface area (Å²) in [4.78, 5) is 0. The number of nitrogens with two attached hydrogens (primary N) is 1. The molecule has 88 valence electrons. The maximum absolute atomic E-state index is 5.65. The van der Waals surface area contributed by atoms with Gasteiger partial charge in [0.25, 0.3) is 0 Å². The van der Waals surface area contributed by atoms with E-state index in [1.165, 1.54) is 0 Å². The molecule has 3 heteroatoms. The minimum absolute atomic E-state index is 0.548. The fraction of sp³-hybridized carbons (Fsp3) is 0.308. The third-order valence-corrected chi connectivity index (χ3v) is 2.06. The molecule has 0 saturated heterocycles. The molecule has 0 aliphatic carbocycles. The standard InChI is InChI=1S/C11H15N3.C2H6/c1-4-6-7-9(5-2)10-8(3)11(12)14-13-10;1-2/h4-7H,1H2,2-3H3,(H3,12,13,14);1-2H3/b7-6-,9-5+;. The molecule has 0 atom stereocenters. The van der Waals surface area contributed by atoms with Gasteiger partial charge in [-0.2, -0.15) is 5.10 Å². The van der Waals surface area contributed by atoms with E-state index in [0.29, 0.717) is 5.82 Å². The van der Waals surface area contributed by atoms with E-state index in [0.717, 1.165) is 16.8 Å². The maximum atomic E-state index is 5.65. The van der Waals surface area contributed by atoms with Crippen molar-refractivity contribution < 1.29 is 0 Å². The molecule has 0 spiro atoms. The lowest BCUT2D eigenvalue weighted by Crippen LogP contribution is -1.87. The molecule has 0 aromatic carbocycles. The monoisotopic (exact) mass is 219 g/mol. The van der Waals surface area contributed by atoms with Crippen LogP contribution in [0.25, 0.3) is 5.57 Å². The fourth-order valence-electron chi connectivity index (χ4n) is 1.19. The number of nitrogen functional groups attached to an aromatic ring is 1. The molecular weight excluding hydrogens is 198 g/mol. The van der Waals surface area contributed by atoms with E-state index in [2.05, 4.69) is 16.8 Å². The zero-order valence-corrected chi connectivity index (χ0v) is 10.5.